The molecule has 0 spiro atoms. The summed E-state index contributed by atoms with van der Waals surface area (Å²) in [5, 5.41) is 7.78. The first-order valence-electron chi connectivity index (χ1n) is 9.15. The number of benzene rings is 2. The lowest BCUT2D eigenvalue weighted by molar-refractivity contribution is -0.0498. The van der Waals surface area contributed by atoms with Gasteiger partial charge in [0.1, 0.15) is 5.75 Å². The van der Waals surface area contributed by atoms with Crippen LogP contribution in [0.5, 0.6) is 5.75 Å². The molecule has 1 atom stereocenters. The average Bonchev–Trinajstić information content (AvgIpc) is 3.17. The van der Waals surface area contributed by atoms with Gasteiger partial charge in [-0.25, -0.2) is 0 Å². The van der Waals surface area contributed by atoms with Gasteiger partial charge in [-0.15, -0.1) is 10.2 Å². The fourth-order valence-electron chi connectivity index (χ4n) is 2.72. The minimum absolute atomic E-state index is 0.0219. The van der Waals surface area contributed by atoms with Crippen LogP contribution in [-0.4, -0.2) is 27.8 Å². The quantitative estimate of drug-likeness (QED) is 0.330. The number of hydrogen-bond acceptors (Lipinski definition) is 6. The van der Waals surface area contributed by atoms with E-state index in [9.17, 15) is 13.6 Å². The Morgan fingerprint density at radius 2 is 1.79 bits per heavy atom. The fourth-order valence-corrected chi connectivity index (χ4v) is 3.48. The first-order chi connectivity index (χ1) is 14.0. The van der Waals surface area contributed by atoms with E-state index in [4.69, 9.17) is 4.42 Å². The Kier molecular flexibility index (Phi) is 6.98. The van der Waals surface area contributed by atoms with Gasteiger partial charge in [0, 0.05) is 11.1 Å². The van der Waals surface area contributed by atoms with E-state index in [1.54, 1.807) is 19.1 Å². The molecular weight excluding hydrogens is 398 g/mol. The van der Waals surface area contributed by atoms with E-state index in [0.29, 0.717) is 11.1 Å². The smallest absolute Gasteiger partial charge is 0.387 e. The molecule has 29 heavy (non-hydrogen) atoms. The predicted octanol–water partition coefficient (Wildman–Crippen LogP) is 5.65. The van der Waals surface area contributed by atoms with Crippen LogP contribution in [0.3, 0.4) is 0 Å². The van der Waals surface area contributed by atoms with Crippen LogP contribution in [0.4, 0.5) is 8.78 Å². The molecule has 2 aromatic carbocycles. The summed E-state index contributed by atoms with van der Waals surface area (Å²) in [6, 6.07) is 13.5. The molecule has 152 valence electrons. The lowest BCUT2D eigenvalue weighted by atomic mass is 10.0. The molecule has 1 heterocycles. The van der Waals surface area contributed by atoms with Crippen molar-refractivity contribution in [3.05, 3.63) is 59.7 Å². The fraction of sp³-hybridized carbons (Fsp3) is 0.286. The van der Waals surface area contributed by atoms with Crippen molar-refractivity contribution in [2.24, 2.45) is 0 Å². The Labute approximate surface area is 171 Å². The monoisotopic (exact) mass is 418 g/mol. The highest BCUT2D eigenvalue weighted by atomic mass is 32.2. The summed E-state index contributed by atoms with van der Waals surface area (Å²) in [4.78, 5) is 12.6. The van der Waals surface area contributed by atoms with E-state index in [-0.39, 0.29) is 22.6 Å². The van der Waals surface area contributed by atoms with Crippen LogP contribution in [0, 0.1) is 0 Å². The maximum absolute atomic E-state index is 12.6. The summed E-state index contributed by atoms with van der Waals surface area (Å²) >= 11 is 1.17. The molecule has 0 saturated carbocycles. The molecule has 3 rings (SSSR count). The van der Waals surface area contributed by atoms with Crippen molar-refractivity contribution in [3.8, 4) is 17.2 Å². The highest BCUT2D eigenvalue weighted by molar-refractivity contribution is 8.00. The molecule has 0 aliphatic rings. The number of thioether (sulfide) groups is 1. The van der Waals surface area contributed by atoms with Crippen molar-refractivity contribution in [3.63, 3.8) is 0 Å². The third-order valence-electron chi connectivity index (χ3n) is 4.16. The number of Topliss-reactive ketones (excluding diaryl/α,β-unsaturated/α-hetero) is 1. The zero-order chi connectivity index (χ0) is 20.8. The van der Waals surface area contributed by atoms with Crippen LogP contribution in [0.2, 0.25) is 0 Å². The number of aryl methyl sites for hydroxylation is 1. The minimum Gasteiger partial charge on any atom is -0.435 e. The van der Waals surface area contributed by atoms with Gasteiger partial charge in [-0.05, 0) is 43.2 Å². The summed E-state index contributed by atoms with van der Waals surface area (Å²) in [7, 11) is 0. The topological polar surface area (TPSA) is 65.2 Å². The normalized spacial score (nSPS) is 12.2. The number of ketones is 1. The molecule has 0 radical (unpaired) electrons. The van der Waals surface area contributed by atoms with Crippen molar-refractivity contribution in [1.82, 2.24) is 10.2 Å². The molecular formula is C21H20F2N2O3S. The molecule has 0 fully saturated rings. The van der Waals surface area contributed by atoms with Gasteiger partial charge < -0.3 is 9.15 Å². The van der Waals surface area contributed by atoms with E-state index in [1.807, 2.05) is 24.3 Å². The maximum atomic E-state index is 12.6. The van der Waals surface area contributed by atoms with Gasteiger partial charge in [-0.3, -0.25) is 4.79 Å². The summed E-state index contributed by atoms with van der Waals surface area (Å²) in [5.74, 6) is 0.257. The minimum atomic E-state index is -2.88. The van der Waals surface area contributed by atoms with Gasteiger partial charge in [0.25, 0.3) is 5.22 Å². The van der Waals surface area contributed by atoms with Crippen LogP contribution in [0.1, 0.15) is 36.2 Å². The number of rotatable bonds is 9. The van der Waals surface area contributed by atoms with Gasteiger partial charge in [0.05, 0.1) is 5.25 Å². The summed E-state index contributed by atoms with van der Waals surface area (Å²) in [6.07, 6.45) is 2.04. The number of carbonyl (C=O) groups excluding carboxylic acids is 1. The van der Waals surface area contributed by atoms with Crippen LogP contribution in [-0.2, 0) is 6.42 Å². The molecule has 0 aliphatic carbocycles. The molecule has 5 nitrogen and oxygen atoms in total. The SMILES string of the molecule is CCCc1ccc(C(=O)C(C)Sc2nnc(-c3ccc(OC(F)F)cc3)o2)cc1. The highest BCUT2D eigenvalue weighted by Gasteiger charge is 2.20. The number of halogens is 2. The molecule has 8 heteroatoms. The van der Waals surface area contributed by atoms with Gasteiger partial charge in [0.2, 0.25) is 5.89 Å². The third kappa shape index (κ3) is 5.63. The van der Waals surface area contributed by atoms with Crippen molar-refractivity contribution >= 4 is 17.5 Å². The molecule has 1 unspecified atom stereocenters. The lowest BCUT2D eigenvalue weighted by Gasteiger charge is -2.08. The highest BCUT2D eigenvalue weighted by Crippen LogP contribution is 2.29. The molecule has 0 N–H and O–H groups in total. The molecule has 1 aromatic heterocycles. The van der Waals surface area contributed by atoms with E-state index in [2.05, 4.69) is 21.9 Å². The van der Waals surface area contributed by atoms with Crippen LogP contribution in [0.25, 0.3) is 11.5 Å². The molecule has 0 saturated heterocycles. The van der Waals surface area contributed by atoms with Crippen LogP contribution >= 0.6 is 11.8 Å². The van der Waals surface area contributed by atoms with E-state index < -0.39 is 11.9 Å². The van der Waals surface area contributed by atoms with Crippen LogP contribution in [0.15, 0.2) is 58.2 Å². The zero-order valence-electron chi connectivity index (χ0n) is 16.0. The number of hydrogen-bond donors (Lipinski definition) is 0. The number of nitrogens with zero attached hydrogens (tertiary/aromatic N) is 2. The third-order valence-corrected chi connectivity index (χ3v) is 5.09. The Morgan fingerprint density at radius 3 is 2.41 bits per heavy atom. The Bertz CT molecular complexity index is 943. The Morgan fingerprint density at radius 1 is 1.10 bits per heavy atom. The molecule has 0 aliphatic heterocycles. The lowest BCUT2D eigenvalue weighted by Crippen LogP contribution is -2.13. The second kappa shape index (κ2) is 9.65. The van der Waals surface area contributed by atoms with Crippen molar-refractivity contribution in [2.75, 3.05) is 0 Å². The zero-order valence-corrected chi connectivity index (χ0v) is 16.8. The number of ether oxygens (including phenoxy) is 1. The van der Waals surface area contributed by atoms with Gasteiger partial charge in [-0.2, -0.15) is 8.78 Å². The molecule has 0 amide bonds. The number of carbonyl (C=O) groups is 1. The van der Waals surface area contributed by atoms with Gasteiger partial charge >= 0.3 is 6.61 Å². The standard InChI is InChI=1S/C21H20F2N2O3S/c1-3-4-14-5-7-15(8-6-14)18(26)13(2)29-21-25-24-19(28-21)16-9-11-17(12-10-16)27-20(22)23/h5-13,20H,3-4H2,1-2H3. The van der Waals surface area contributed by atoms with E-state index in [1.165, 1.54) is 29.5 Å². The predicted molar refractivity (Wildman–Crippen MR) is 106 cm³/mol. The Hall–Kier alpha value is -2.74. The van der Waals surface area contributed by atoms with Crippen molar-refractivity contribution in [2.45, 2.75) is 43.8 Å². The van der Waals surface area contributed by atoms with Gasteiger partial charge in [-0.1, -0.05) is 49.4 Å². The Balaban J connectivity index is 1.63. The second-order valence-corrected chi connectivity index (χ2v) is 7.64. The second-order valence-electron chi connectivity index (χ2n) is 6.35. The van der Waals surface area contributed by atoms with Gasteiger partial charge in [0.15, 0.2) is 5.78 Å². The molecule has 0 bridgehead atoms. The summed E-state index contributed by atoms with van der Waals surface area (Å²) in [5.41, 5.74) is 2.41. The van der Waals surface area contributed by atoms with Crippen LogP contribution < -0.4 is 4.74 Å². The van der Waals surface area contributed by atoms with Crippen molar-refractivity contribution in [1.29, 1.82) is 0 Å². The summed E-state index contributed by atoms with van der Waals surface area (Å²) < 4.78 is 34.3. The first-order valence-corrected chi connectivity index (χ1v) is 10.0. The van der Waals surface area contributed by atoms with Crippen molar-refractivity contribution < 1.29 is 22.7 Å². The average molecular weight is 418 g/mol. The largest absolute Gasteiger partial charge is 0.435 e. The van der Waals surface area contributed by atoms with E-state index in [0.717, 1.165) is 12.8 Å². The van der Waals surface area contributed by atoms with E-state index >= 15 is 0 Å². The maximum Gasteiger partial charge on any atom is 0.387 e. The summed E-state index contributed by atoms with van der Waals surface area (Å²) in [6.45, 7) is 1.02. The molecule has 3 aromatic rings. The first kappa shape index (κ1) is 21.0. The number of aromatic nitrogens is 2. The number of alkyl halides is 2.